The molecule has 0 amide bonds. The van der Waals surface area contributed by atoms with E-state index in [4.69, 9.17) is 37.6 Å². The Morgan fingerprint density at radius 1 is 0.812 bits per heavy atom. The minimum Gasteiger partial charge on any atom is -0.415 e. The fourth-order valence-electron chi connectivity index (χ4n) is 3.87. The molecule has 1 fully saturated rings. The number of methoxy groups -OCH3 is 2. The maximum atomic E-state index is 10.8. The smallest absolute Gasteiger partial charge is 0.227 e. The van der Waals surface area contributed by atoms with Gasteiger partial charge in [0.15, 0.2) is 11.2 Å². The molecule has 10 heteroatoms. The normalized spacial score (nSPS) is 22.2. The molecular weight excluding hydrogens is 436 g/mol. The average molecular weight is 483 g/mol. The molecule has 0 spiro atoms. The molecule has 0 aromatic rings. The molecule has 0 bridgehead atoms. The van der Waals surface area contributed by atoms with E-state index in [1.807, 2.05) is 13.8 Å². The van der Waals surface area contributed by atoms with Crippen molar-refractivity contribution in [1.29, 1.82) is 0 Å². The molecule has 0 radical (unpaired) electrons. The Kier molecular flexibility index (Phi) is 17.0. The molecule has 1 aliphatic carbocycles. The molecule has 1 aliphatic rings. The molecule has 1 saturated carbocycles. The zero-order valence-corrected chi connectivity index (χ0v) is 22.0. The van der Waals surface area contributed by atoms with E-state index in [0.717, 1.165) is 19.3 Å². The van der Waals surface area contributed by atoms with Crippen molar-refractivity contribution in [2.45, 2.75) is 57.1 Å². The van der Waals surface area contributed by atoms with E-state index in [0.29, 0.717) is 84.8 Å². The summed E-state index contributed by atoms with van der Waals surface area (Å²) >= 11 is 0. The predicted octanol–water partition coefficient (Wildman–Crippen LogP) is 1.43. The lowest BCUT2D eigenvalue weighted by Crippen LogP contribution is -2.47. The van der Waals surface area contributed by atoms with E-state index in [2.05, 4.69) is 0 Å². The number of aliphatic hydroxyl groups is 1. The van der Waals surface area contributed by atoms with Crippen molar-refractivity contribution in [3.63, 3.8) is 0 Å². The molecule has 1 N–H and O–H groups in total. The highest BCUT2D eigenvalue weighted by Gasteiger charge is 2.40. The van der Waals surface area contributed by atoms with Gasteiger partial charge in [0, 0.05) is 46.7 Å². The van der Waals surface area contributed by atoms with Gasteiger partial charge < -0.3 is 42.7 Å². The summed E-state index contributed by atoms with van der Waals surface area (Å²) in [7, 11) is 2.18. The number of rotatable bonds is 21. The zero-order chi connectivity index (χ0) is 23.5. The SMILES string of the molecule is CCOC(CC1CCC(O)(OCCOCCOC)CC1)(OCC)[SiH2]OCCOCCOC. The second-order valence-electron chi connectivity index (χ2n) is 7.98. The summed E-state index contributed by atoms with van der Waals surface area (Å²) in [6.45, 7) is 9.24. The Hall–Kier alpha value is -0.143. The second kappa shape index (κ2) is 18.2. The van der Waals surface area contributed by atoms with Crippen LogP contribution in [0.5, 0.6) is 0 Å². The Morgan fingerprint density at radius 3 is 1.88 bits per heavy atom. The van der Waals surface area contributed by atoms with Crippen LogP contribution in [0.15, 0.2) is 0 Å². The number of hydrogen-bond donors (Lipinski definition) is 1. The highest BCUT2D eigenvalue weighted by molar-refractivity contribution is 6.31. The molecule has 0 aromatic heterocycles. The third-order valence-electron chi connectivity index (χ3n) is 5.46. The molecule has 9 nitrogen and oxygen atoms in total. The molecule has 0 aromatic carbocycles. The van der Waals surface area contributed by atoms with Gasteiger partial charge in [-0.05, 0) is 32.6 Å². The Labute approximate surface area is 196 Å². The number of hydrogen-bond acceptors (Lipinski definition) is 9. The Balaban J connectivity index is 2.42. The molecule has 192 valence electrons. The van der Waals surface area contributed by atoms with Crippen molar-refractivity contribution in [3.8, 4) is 0 Å². The van der Waals surface area contributed by atoms with Crippen LogP contribution in [-0.4, -0.2) is 106 Å². The van der Waals surface area contributed by atoms with Crippen molar-refractivity contribution < 1.29 is 42.7 Å². The first kappa shape index (κ1) is 29.9. The van der Waals surface area contributed by atoms with Crippen LogP contribution in [0.1, 0.15) is 46.0 Å². The van der Waals surface area contributed by atoms with Crippen LogP contribution >= 0.6 is 0 Å². The first-order valence-corrected chi connectivity index (χ1v) is 13.2. The first-order valence-electron chi connectivity index (χ1n) is 11.9. The fourth-order valence-corrected chi connectivity index (χ4v) is 5.54. The Bertz CT molecular complexity index is 428. The largest absolute Gasteiger partial charge is 0.415 e. The lowest BCUT2D eigenvalue weighted by Gasteiger charge is -2.40. The summed E-state index contributed by atoms with van der Waals surface area (Å²) in [6, 6.07) is 0. The average Bonchev–Trinajstić information content (AvgIpc) is 2.78. The summed E-state index contributed by atoms with van der Waals surface area (Å²) in [5.41, 5.74) is -0.647. The van der Waals surface area contributed by atoms with Crippen LogP contribution < -0.4 is 0 Å². The van der Waals surface area contributed by atoms with Crippen molar-refractivity contribution in [2.75, 3.05) is 80.3 Å². The highest BCUT2D eigenvalue weighted by atomic mass is 28.2. The molecule has 0 aliphatic heterocycles. The van der Waals surface area contributed by atoms with Crippen LogP contribution in [-0.2, 0) is 37.6 Å². The zero-order valence-electron chi connectivity index (χ0n) is 20.6. The molecule has 0 saturated heterocycles. The van der Waals surface area contributed by atoms with Gasteiger partial charge in [-0.25, -0.2) is 0 Å². The van der Waals surface area contributed by atoms with Gasteiger partial charge in [-0.2, -0.15) is 0 Å². The molecular formula is C22H46O9Si. The van der Waals surface area contributed by atoms with Crippen LogP contribution in [0.25, 0.3) is 0 Å². The van der Waals surface area contributed by atoms with Gasteiger partial charge in [0.05, 0.1) is 52.9 Å². The Morgan fingerprint density at radius 2 is 1.34 bits per heavy atom. The molecule has 0 heterocycles. The van der Waals surface area contributed by atoms with Crippen LogP contribution in [0.3, 0.4) is 0 Å². The standard InChI is InChI=1S/C22H46O9Si/c1-5-28-22(29-6-2,32-31-18-16-27-14-12-25-4)19-20-7-9-21(23,10-8-20)30-17-15-26-13-11-24-3/h20,23H,5-19,32H2,1-4H3. The number of ether oxygens (including phenoxy) is 7. The minimum absolute atomic E-state index is 0.375. The van der Waals surface area contributed by atoms with E-state index in [9.17, 15) is 5.11 Å². The quantitative estimate of drug-likeness (QED) is 0.148. The van der Waals surface area contributed by atoms with E-state index < -0.39 is 21.0 Å². The summed E-state index contributed by atoms with van der Waals surface area (Å²) in [5.74, 6) is -0.682. The summed E-state index contributed by atoms with van der Waals surface area (Å²) in [6.07, 6.45) is 3.69. The maximum Gasteiger partial charge on any atom is 0.227 e. The monoisotopic (exact) mass is 482 g/mol. The predicted molar refractivity (Wildman–Crippen MR) is 123 cm³/mol. The van der Waals surface area contributed by atoms with Gasteiger partial charge >= 0.3 is 0 Å². The van der Waals surface area contributed by atoms with Gasteiger partial charge in [-0.15, -0.1) is 0 Å². The lowest BCUT2D eigenvalue weighted by atomic mass is 9.83. The van der Waals surface area contributed by atoms with E-state index >= 15 is 0 Å². The maximum absolute atomic E-state index is 10.8. The van der Waals surface area contributed by atoms with E-state index in [1.165, 1.54) is 0 Å². The molecule has 1 rings (SSSR count). The second-order valence-corrected chi connectivity index (χ2v) is 9.76. The third kappa shape index (κ3) is 12.9. The van der Waals surface area contributed by atoms with E-state index in [1.54, 1.807) is 14.2 Å². The van der Waals surface area contributed by atoms with Gasteiger partial charge in [0.1, 0.15) is 0 Å². The van der Waals surface area contributed by atoms with Crippen LogP contribution in [0.2, 0.25) is 0 Å². The molecule has 0 atom stereocenters. The summed E-state index contributed by atoms with van der Waals surface area (Å²) < 4.78 is 44.7. The van der Waals surface area contributed by atoms with Gasteiger partial charge in [-0.3, -0.25) is 0 Å². The first-order chi connectivity index (χ1) is 15.5. The molecule has 32 heavy (non-hydrogen) atoms. The third-order valence-corrected chi connectivity index (χ3v) is 7.09. The molecule has 0 unspecified atom stereocenters. The van der Waals surface area contributed by atoms with Crippen molar-refractivity contribution in [3.05, 3.63) is 0 Å². The summed E-state index contributed by atoms with van der Waals surface area (Å²) in [4.78, 5) is 0. The van der Waals surface area contributed by atoms with Crippen LogP contribution in [0.4, 0.5) is 0 Å². The van der Waals surface area contributed by atoms with Crippen molar-refractivity contribution >= 4 is 9.76 Å². The van der Waals surface area contributed by atoms with Crippen molar-refractivity contribution in [2.24, 2.45) is 5.92 Å². The topological polar surface area (TPSA) is 94.1 Å². The van der Waals surface area contributed by atoms with Crippen molar-refractivity contribution in [1.82, 2.24) is 0 Å². The fraction of sp³-hybridized carbons (Fsp3) is 1.00. The van der Waals surface area contributed by atoms with E-state index in [-0.39, 0.29) is 0 Å². The minimum atomic E-state index is -1.12. The lowest BCUT2D eigenvalue weighted by molar-refractivity contribution is -0.237. The summed E-state index contributed by atoms with van der Waals surface area (Å²) in [5, 5.41) is 10.8. The highest BCUT2D eigenvalue weighted by Crippen LogP contribution is 2.38. The van der Waals surface area contributed by atoms with Crippen LogP contribution in [0, 0.1) is 5.92 Å². The van der Waals surface area contributed by atoms with Gasteiger partial charge in [0.2, 0.25) is 9.76 Å². The van der Waals surface area contributed by atoms with Gasteiger partial charge in [-0.1, -0.05) is 0 Å². The van der Waals surface area contributed by atoms with Gasteiger partial charge in [0.25, 0.3) is 0 Å².